The summed E-state index contributed by atoms with van der Waals surface area (Å²) in [6.45, 7) is 3.84. The molecule has 2 rings (SSSR count). The predicted molar refractivity (Wildman–Crippen MR) is 95.7 cm³/mol. The lowest BCUT2D eigenvalue weighted by atomic mass is 10.1. The number of hydrogen-bond donors (Lipinski definition) is 1. The Balaban J connectivity index is 1.93. The Kier molecular flexibility index (Phi) is 6.57. The van der Waals surface area contributed by atoms with E-state index in [9.17, 15) is 9.59 Å². The summed E-state index contributed by atoms with van der Waals surface area (Å²) in [4.78, 5) is 23.8. The molecule has 0 radical (unpaired) electrons. The summed E-state index contributed by atoms with van der Waals surface area (Å²) < 4.78 is 10.2. The van der Waals surface area contributed by atoms with Gasteiger partial charge in [0.15, 0.2) is 6.61 Å². The van der Waals surface area contributed by atoms with Crippen LogP contribution in [0, 0.1) is 0 Å². The quantitative estimate of drug-likeness (QED) is 0.785. The fourth-order valence-corrected chi connectivity index (χ4v) is 2.42. The Hall–Kier alpha value is -2.82. The molecule has 5 heteroatoms. The summed E-state index contributed by atoms with van der Waals surface area (Å²) >= 11 is 0. The minimum atomic E-state index is -0.500. The van der Waals surface area contributed by atoms with Gasteiger partial charge in [0.25, 0.3) is 5.91 Å². The van der Waals surface area contributed by atoms with Crippen LogP contribution in [0.5, 0.6) is 5.75 Å². The van der Waals surface area contributed by atoms with Crippen LogP contribution in [0.2, 0.25) is 0 Å². The average molecular weight is 341 g/mol. The smallest absolute Gasteiger partial charge is 0.341 e. The predicted octanol–water partition coefficient (Wildman–Crippen LogP) is 3.29. The van der Waals surface area contributed by atoms with E-state index in [2.05, 4.69) is 24.4 Å². The van der Waals surface area contributed by atoms with Gasteiger partial charge in [-0.2, -0.15) is 0 Å². The van der Waals surface area contributed by atoms with Crippen LogP contribution < -0.4 is 10.1 Å². The van der Waals surface area contributed by atoms with Crippen LogP contribution in [0.15, 0.2) is 48.5 Å². The molecule has 0 saturated carbocycles. The highest BCUT2D eigenvalue weighted by atomic mass is 16.5. The van der Waals surface area contributed by atoms with E-state index in [1.807, 2.05) is 19.1 Å². The maximum absolute atomic E-state index is 12.1. The molecular formula is C20H23NO4. The zero-order valence-corrected chi connectivity index (χ0v) is 14.7. The number of rotatable bonds is 7. The van der Waals surface area contributed by atoms with Gasteiger partial charge in [-0.1, -0.05) is 43.3 Å². The summed E-state index contributed by atoms with van der Waals surface area (Å²) in [6, 6.07) is 14.7. The summed E-state index contributed by atoms with van der Waals surface area (Å²) in [6.07, 6.45) is 0.981. The van der Waals surface area contributed by atoms with Gasteiger partial charge in [0.1, 0.15) is 11.3 Å². The van der Waals surface area contributed by atoms with Crippen LogP contribution in [0.1, 0.15) is 41.4 Å². The van der Waals surface area contributed by atoms with Gasteiger partial charge in [0.2, 0.25) is 0 Å². The maximum atomic E-state index is 12.1. The fourth-order valence-electron chi connectivity index (χ4n) is 2.42. The molecule has 2 aromatic rings. The summed E-state index contributed by atoms with van der Waals surface area (Å²) in [5, 5.41) is 2.89. The summed E-state index contributed by atoms with van der Waals surface area (Å²) in [7, 11) is 1.30. The lowest BCUT2D eigenvalue weighted by Gasteiger charge is -2.16. The molecule has 0 aliphatic carbocycles. The molecule has 1 amide bonds. The SMILES string of the molecule is CCc1ccc([C@@H](C)NC(=O)COc2ccccc2C(=O)OC)cc1. The molecule has 25 heavy (non-hydrogen) atoms. The number of methoxy groups -OCH3 is 1. The minimum Gasteiger partial charge on any atom is -0.483 e. The van der Waals surface area contributed by atoms with Crippen LogP contribution in [0.4, 0.5) is 0 Å². The highest BCUT2D eigenvalue weighted by Gasteiger charge is 2.14. The molecule has 132 valence electrons. The molecule has 1 atom stereocenters. The molecule has 0 aliphatic heterocycles. The van der Waals surface area contributed by atoms with Gasteiger partial charge >= 0.3 is 5.97 Å². The first-order valence-electron chi connectivity index (χ1n) is 8.23. The van der Waals surface area contributed by atoms with E-state index in [0.29, 0.717) is 11.3 Å². The van der Waals surface area contributed by atoms with E-state index in [1.54, 1.807) is 24.3 Å². The third kappa shape index (κ3) is 5.08. The average Bonchev–Trinajstić information content (AvgIpc) is 2.66. The second-order valence-electron chi connectivity index (χ2n) is 5.66. The first-order chi connectivity index (χ1) is 12.0. The molecule has 0 saturated heterocycles. The zero-order chi connectivity index (χ0) is 18.2. The van der Waals surface area contributed by atoms with Crippen molar-refractivity contribution in [3.8, 4) is 5.75 Å². The van der Waals surface area contributed by atoms with Crippen molar-refractivity contribution in [1.29, 1.82) is 0 Å². The van der Waals surface area contributed by atoms with Crippen molar-refractivity contribution in [2.45, 2.75) is 26.3 Å². The molecule has 0 aromatic heterocycles. The number of esters is 1. The number of aryl methyl sites for hydroxylation is 1. The van der Waals surface area contributed by atoms with Gasteiger partial charge in [-0.3, -0.25) is 4.79 Å². The van der Waals surface area contributed by atoms with Crippen LogP contribution in [0.3, 0.4) is 0 Å². The molecule has 0 spiro atoms. The van der Waals surface area contributed by atoms with Crippen molar-refractivity contribution in [1.82, 2.24) is 5.32 Å². The Labute approximate surface area is 148 Å². The molecule has 2 aromatic carbocycles. The fraction of sp³-hybridized carbons (Fsp3) is 0.300. The van der Waals surface area contributed by atoms with Crippen LogP contribution in [-0.2, 0) is 16.0 Å². The molecule has 0 aliphatic rings. The molecule has 0 bridgehead atoms. The molecule has 5 nitrogen and oxygen atoms in total. The number of carbonyl (C=O) groups is 2. The van der Waals surface area contributed by atoms with E-state index in [0.717, 1.165) is 12.0 Å². The van der Waals surface area contributed by atoms with E-state index in [4.69, 9.17) is 9.47 Å². The van der Waals surface area contributed by atoms with Gasteiger partial charge in [0, 0.05) is 0 Å². The maximum Gasteiger partial charge on any atom is 0.341 e. The van der Waals surface area contributed by atoms with Gasteiger partial charge in [-0.25, -0.2) is 4.79 Å². The lowest BCUT2D eigenvalue weighted by Crippen LogP contribution is -2.31. The van der Waals surface area contributed by atoms with Crippen molar-refractivity contribution >= 4 is 11.9 Å². The minimum absolute atomic E-state index is 0.127. The number of amides is 1. The molecule has 1 N–H and O–H groups in total. The van der Waals surface area contributed by atoms with Crippen molar-refractivity contribution in [3.63, 3.8) is 0 Å². The third-order valence-electron chi connectivity index (χ3n) is 3.92. The number of ether oxygens (including phenoxy) is 2. The first-order valence-corrected chi connectivity index (χ1v) is 8.23. The van der Waals surface area contributed by atoms with Gasteiger partial charge < -0.3 is 14.8 Å². The van der Waals surface area contributed by atoms with Gasteiger partial charge in [-0.05, 0) is 36.6 Å². The largest absolute Gasteiger partial charge is 0.483 e. The van der Waals surface area contributed by atoms with E-state index < -0.39 is 5.97 Å². The Morgan fingerprint density at radius 3 is 2.40 bits per heavy atom. The highest BCUT2D eigenvalue weighted by Crippen LogP contribution is 2.19. The third-order valence-corrected chi connectivity index (χ3v) is 3.92. The Bertz CT molecular complexity index is 725. The van der Waals surface area contributed by atoms with Crippen LogP contribution >= 0.6 is 0 Å². The molecular weight excluding hydrogens is 318 g/mol. The molecule has 0 fully saturated rings. The van der Waals surface area contributed by atoms with E-state index >= 15 is 0 Å². The molecule has 0 unspecified atom stereocenters. The second kappa shape index (κ2) is 8.87. The lowest BCUT2D eigenvalue weighted by molar-refractivity contribution is -0.123. The van der Waals surface area contributed by atoms with Gasteiger partial charge in [0.05, 0.1) is 13.2 Å². The second-order valence-corrected chi connectivity index (χ2v) is 5.66. The standard InChI is InChI=1S/C20H23NO4/c1-4-15-9-11-16(12-10-15)14(2)21-19(22)13-25-18-8-6-5-7-17(18)20(23)24-3/h5-12,14H,4,13H2,1-3H3,(H,21,22)/t14-/m1/s1. The number of nitrogens with one attached hydrogen (secondary N) is 1. The summed E-state index contributed by atoms with van der Waals surface area (Å²) in [5.74, 6) is -0.434. The molecule has 0 heterocycles. The highest BCUT2D eigenvalue weighted by molar-refractivity contribution is 5.92. The van der Waals surface area contributed by atoms with Crippen molar-refractivity contribution in [2.24, 2.45) is 0 Å². The first kappa shape index (κ1) is 18.5. The number of para-hydroxylation sites is 1. The van der Waals surface area contributed by atoms with Crippen LogP contribution in [-0.4, -0.2) is 25.6 Å². The zero-order valence-electron chi connectivity index (χ0n) is 14.7. The Morgan fingerprint density at radius 2 is 1.76 bits per heavy atom. The van der Waals surface area contributed by atoms with Crippen molar-refractivity contribution in [3.05, 3.63) is 65.2 Å². The number of hydrogen-bond acceptors (Lipinski definition) is 4. The van der Waals surface area contributed by atoms with E-state index in [-0.39, 0.29) is 18.6 Å². The van der Waals surface area contributed by atoms with Crippen molar-refractivity contribution < 1.29 is 19.1 Å². The number of benzene rings is 2. The van der Waals surface area contributed by atoms with E-state index in [1.165, 1.54) is 12.7 Å². The van der Waals surface area contributed by atoms with Crippen LogP contribution in [0.25, 0.3) is 0 Å². The summed E-state index contributed by atoms with van der Waals surface area (Å²) in [5.41, 5.74) is 2.58. The topological polar surface area (TPSA) is 64.6 Å². The monoisotopic (exact) mass is 341 g/mol. The number of carbonyl (C=O) groups excluding carboxylic acids is 2. The Morgan fingerprint density at radius 1 is 1.08 bits per heavy atom. The normalized spacial score (nSPS) is 11.5. The van der Waals surface area contributed by atoms with Crippen molar-refractivity contribution in [2.75, 3.05) is 13.7 Å². The van der Waals surface area contributed by atoms with Gasteiger partial charge in [-0.15, -0.1) is 0 Å².